The molecule has 3 aromatic rings. The number of rotatable bonds is 9. The second kappa shape index (κ2) is 13.8. The van der Waals surface area contributed by atoms with Crippen molar-refractivity contribution in [2.75, 3.05) is 6.61 Å². The largest absolute Gasteiger partial charge is 0.465 e. The summed E-state index contributed by atoms with van der Waals surface area (Å²) >= 11 is 0. The third-order valence-corrected chi connectivity index (χ3v) is 10.5. The monoisotopic (exact) mass is 715 g/mol. The van der Waals surface area contributed by atoms with Crippen molar-refractivity contribution in [3.05, 3.63) is 102 Å². The highest BCUT2D eigenvalue weighted by molar-refractivity contribution is 5.90. The van der Waals surface area contributed by atoms with E-state index >= 15 is 0 Å². The Morgan fingerprint density at radius 2 is 1.33 bits per heavy atom. The minimum absolute atomic E-state index is 0.0710. The third-order valence-electron chi connectivity index (χ3n) is 10.5. The van der Waals surface area contributed by atoms with E-state index < -0.39 is 95.4 Å². The summed E-state index contributed by atoms with van der Waals surface area (Å²) in [6.07, 6.45) is -3.36. The highest BCUT2D eigenvalue weighted by Gasteiger charge is 2.86. The second-order valence-electron chi connectivity index (χ2n) is 14.2. The zero-order chi connectivity index (χ0) is 37.5. The Hall–Kier alpha value is -5.14. The first-order chi connectivity index (χ1) is 24.6. The van der Waals surface area contributed by atoms with Crippen LogP contribution in [0.5, 0.6) is 0 Å². The molecule has 2 bridgehead atoms. The Labute approximate surface area is 300 Å². The molecule has 6 rings (SSSR count). The summed E-state index contributed by atoms with van der Waals surface area (Å²) in [5.74, 6) is -4.66. The van der Waals surface area contributed by atoms with Crippen molar-refractivity contribution in [1.29, 1.82) is 0 Å². The fraction of sp³-hybridized carbons (Fsp3) is 0.436. The molecule has 3 aliphatic rings. The predicted octanol–water partition coefficient (Wildman–Crippen LogP) is 4.26. The van der Waals surface area contributed by atoms with Gasteiger partial charge < -0.3 is 33.5 Å². The lowest BCUT2D eigenvalue weighted by molar-refractivity contribution is -0.353. The molecular formula is C39H41NO12. The van der Waals surface area contributed by atoms with Gasteiger partial charge in [0.05, 0.1) is 27.9 Å². The van der Waals surface area contributed by atoms with Gasteiger partial charge in [-0.15, -0.1) is 0 Å². The van der Waals surface area contributed by atoms with Crippen LogP contribution in [-0.2, 0) is 38.0 Å². The minimum atomic E-state index is -2.11. The molecule has 2 saturated carbocycles. The first kappa shape index (κ1) is 36.6. The van der Waals surface area contributed by atoms with Crippen molar-refractivity contribution in [3.63, 3.8) is 0 Å². The number of carbonyl (C=O) groups is 5. The molecule has 0 radical (unpaired) electrons. The average molecular weight is 716 g/mol. The number of hydrogen-bond donors (Lipinski definition) is 1. The maximum absolute atomic E-state index is 13.9. The Bertz CT molecular complexity index is 1830. The topological polar surface area (TPSA) is 174 Å². The van der Waals surface area contributed by atoms with Crippen LogP contribution in [0.4, 0.5) is 0 Å². The van der Waals surface area contributed by atoms with E-state index in [4.69, 9.17) is 28.4 Å². The number of esters is 5. The van der Waals surface area contributed by atoms with Crippen LogP contribution >= 0.6 is 0 Å². The highest BCUT2D eigenvalue weighted by Crippen LogP contribution is 2.69. The molecule has 1 spiro atoms. The van der Waals surface area contributed by atoms with Gasteiger partial charge in [-0.05, 0) is 63.6 Å². The molecule has 3 fully saturated rings. The van der Waals surface area contributed by atoms with Crippen LogP contribution in [-0.4, -0.2) is 87.8 Å². The molecule has 13 heteroatoms. The van der Waals surface area contributed by atoms with Crippen LogP contribution < -0.4 is 0 Å². The van der Waals surface area contributed by atoms with Gasteiger partial charge in [-0.3, -0.25) is 14.6 Å². The zero-order valence-electron chi connectivity index (χ0n) is 29.5. The van der Waals surface area contributed by atoms with Crippen LogP contribution in [0.15, 0.2) is 85.2 Å². The van der Waals surface area contributed by atoms with Crippen molar-refractivity contribution >= 4 is 29.8 Å². The van der Waals surface area contributed by atoms with Gasteiger partial charge >= 0.3 is 29.8 Å². The molecule has 1 aromatic heterocycles. The van der Waals surface area contributed by atoms with E-state index in [0.29, 0.717) is 0 Å². The Morgan fingerprint density at radius 3 is 1.88 bits per heavy atom. The Balaban J connectivity index is 1.59. The van der Waals surface area contributed by atoms with Crippen LogP contribution in [0, 0.1) is 11.3 Å². The van der Waals surface area contributed by atoms with Gasteiger partial charge in [0.1, 0.15) is 30.3 Å². The molecule has 2 unspecified atom stereocenters. The van der Waals surface area contributed by atoms with Crippen LogP contribution in [0.1, 0.15) is 78.5 Å². The van der Waals surface area contributed by atoms with Gasteiger partial charge in [-0.1, -0.05) is 36.4 Å². The number of aromatic nitrogens is 1. The smallest absolute Gasteiger partial charge is 0.340 e. The van der Waals surface area contributed by atoms with Crippen LogP contribution in [0.2, 0.25) is 0 Å². The first-order valence-corrected chi connectivity index (χ1v) is 17.0. The minimum Gasteiger partial charge on any atom is -0.465 e. The summed E-state index contributed by atoms with van der Waals surface area (Å²) < 4.78 is 37.5. The summed E-state index contributed by atoms with van der Waals surface area (Å²) in [5, 5.41) is 12.9. The lowest BCUT2D eigenvalue weighted by atomic mass is 9.46. The van der Waals surface area contributed by atoms with Gasteiger partial charge in [0.2, 0.25) is 0 Å². The molecular weight excluding hydrogens is 674 g/mol. The van der Waals surface area contributed by atoms with E-state index in [1.54, 1.807) is 74.5 Å². The maximum atomic E-state index is 13.9. The number of ether oxygens (including phenoxy) is 6. The van der Waals surface area contributed by atoms with Crippen molar-refractivity contribution < 1.29 is 57.5 Å². The van der Waals surface area contributed by atoms with Crippen molar-refractivity contribution in [2.24, 2.45) is 11.3 Å². The van der Waals surface area contributed by atoms with E-state index in [-0.39, 0.29) is 23.1 Å². The Morgan fingerprint density at radius 1 is 0.750 bits per heavy atom. The molecule has 274 valence electrons. The predicted molar refractivity (Wildman–Crippen MR) is 181 cm³/mol. The molecule has 0 amide bonds. The number of pyridine rings is 1. The van der Waals surface area contributed by atoms with Gasteiger partial charge in [-0.2, -0.15) is 0 Å². The van der Waals surface area contributed by atoms with E-state index in [1.807, 2.05) is 0 Å². The summed E-state index contributed by atoms with van der Waals surface area (Å²) in [7, 11) is 0. The van der Waals surface area contributed by atoms with Gasteiger partial charge in [0, 0.05) is 38.6 Å². The zero-order valence-corrected chi connectivity index (χ0v) is 29.5. The van der Waals surface area contributed by atoms with Crippen molar-refractivity contribution in [2.45, 2.75) is 88.7 Å². The quantitative estimate of drug-likeness (QED) is 0.246. The SMILES string of the molecule is CC(=O)OC[C@]12[C@@H](OC(=O)c3ccccc3)CC3[C@@H](OC(=O)c4ccccc4)C1(OC3(C)C)[C@@](C)(O)C[C@@H](OC(=O)c1cccnc1)[C@@H]2OC(C)=O. The normalized spacial score (nSPS) is 31.3. The van der Waals surface area contributed by atoms with Crippen LogP contribution in [0.25, 0.3) is 0 Å². The van der Waals surface area contributed by atoms with E-state index in [9.17, 15) is 29.1 Å². The highest BCUT2D eigenvalue weighted by atomic mass is 16.6. The number of carbonyl (C=O) groups excluding carboxylic acids is 5. The number of benzene rings is 2. The van der Waals surface area contributed by atoms with E-state index in [1.165, 1.54) is 31.5 Å². The Kier molecular flexibility index (Phi) is 9.71. The molecule has 2 heterocycles. The van der Waals surface area contributed by atoms with Gasteiger partial charge in [0.25, 0.3) is 0 Å². The number of aliphatic hydroxyl groups is 1. The lowest BCUT2D eigenvalue weighted by Gasteiger charge is -2.65. The molecule has 8 atom stereocenters. The third kappa shape index (κ3) is 6.21. The van der Waals surface area contributed by atoms with Gasteiger partial charge in [0.15, 0.2) is 11.7 Å². The van der Waals surface area contributed by atoms with Crippen LogP contribution in [0.3, 0.4) is 0 Å². The summed E-state index contributed by atoms with van der Waals surface area (Å²) in [6.45, 7) is 6.55. The molecule has 1 aliphatic heterocycles. The molecule has 2 aliphatic carbocycles. The second-order valence-corrected chi connectivity index (χ2v) is 14.2. The number of fused-ring (bicyclic) bond motifs is 1. The number of nitrogens with zero attached hydrogens (tertiary/aromatic N) is 1. The van der Waals surface area contributed by atoms with Crippen molar-refractivity contribution in [3.8, 4) is 0 Å². The summed E-state index contributed by atoms with van der Waals surface area (Å²) in [4.78, 5) is 71.2. The fourth-order valence-corrected chi connectivity index (χ4v) is 8.44. The standard InChI is InChI=1S/C39H41NO12/c1-23(41)47-22-38-30(50-33(43)25-13-8-6-9-14-25)19-28-31(51-34(44)26-15-10-7-11-16-26)39(38,52-36(28,3)4)37(5,46)20-29(32(38)48-24(2)42)49-35(45)27-17-12-18-40-21-27/h6-18,21,28-32,46H,19-20,22H2,1-5H3/t28?,29-,30+,31-,32+,37+,38-,39?/m1/s1. The van der Waals surface area contributed by atoms with Gasteiger partial charge in [-0.25, -0.2) is 14.4 Å². The molecule has 1 N–H and O–H groups in total. The summed E-state index contributed by atoms with van der Waals surface area (Å²) in [5.41, 5.74) is -6.96. The average Bonchev–Trinajstić information content (AvgIpc) is 3.28. The van der Waals surface area contributed by atoms with E-state index in [0.717, 1.165) is 13.8 Å². The summed E-state index contributed by atoms with van der Waals surface area (Å²) in [6, 6.07) is 19.4. The number of hydrogen-bond acceptors (Lipinski definition) is 13. The van der Waals surface area contributed by atoms with Crippen molar-refractivity contribution in [1.82, 2.24) is 4.98 Å². The lowest BCUT2D eigenvalue weighted by Crippen LogP contribution is -2.83. The molecule has 13 nitrogen and oxygen atoms in total. The molecule has 1 saturated heterocycles. The van der Waals surface area contributed by atoms with E-state index in [2.05, 4.69) is 4.98 Å². The molecule has 52 heavy (non-hydrogen) atoms. The molecule has 2 aromatic carbocycles. The maximum Gasteiger partial charge on any atom is 0.340 e. The first-order valence-electron chi connectivity index (χ1n) is 17.0. The fourth-order valence-electron chi connectivity index (χ4n) is 8.44.